The van der Waals surface area contributed by atoms with E-state index >= 15 is 4.39 Å². The van der Waals surface area contributed by atoms with Crippen molar-refractivity contribution in [3.05, 3.63) is 43.4 Å². The number of rotatable bonds is 3. The van der Waals surface area contributed by atoms with Gasteiger partial charge in [0.25, 0.3) is 7.47 Å². The third-order valence-corrected chi connectivity index (χ3v) is 10.8. The number of aromatic nitrogens is 7. The summed E-state index contributed by atoms with van der Waals surface area (Å²) in [5.41, 5.74) is 14.1. The highest BCUT2D eigenvalue weighted by Crippen LogP contribution is 2.56. The van der Waals surface area contributed by atoms with E-state index in [1.807, 2.05) is 0 Å². The Balaban J connectivity index is 1.20. The van der Waals surface area contributed by atoms with Gasteiger partial charge in [0.1, 0.15) is 41.8 Å². The fourth-order valence-electron chi connectivity index (χ4n) is 6.11. The molecule has 4 aromatic heterocycles. The molecule has 2 radical (unpaired) electrons. The van der Waals surface area contributed by atoms with E-state index in [0.29, 0.717) is 22.4 Å². The summed E-state index contributed by atoms with van der Waals surface area (Å²) >= 11 is 5.37. The number of nitrogens with two attached hydrogens (primary N) is 2. The molecule has 3 fully saturated rings. The predicted octanol–water partition coefficient (Wildman–Crippen LogP) is 1.72. The van der Waals surface area contributed by atoms with Crippen LogP contribution >= 0.6 is 14.2 Å². The Labute approximate surface area is 266 Å². The Bertz CT molecular complexity index is 1940. The lowest BCUT2D eigenvalue weighted by atomic mass is 10.0. The highest BCUT2D eigenvalue weighted by atomic mass is 32.5. The summed E-state index contributed by atoms with van der Waals surface area (Å²) in [6.07, 6.45) is -2.66. The number of ether oxygens (including phenoxy) is 2. The normalized spacial score (nSPS) is 37.2. The van der Waals surface area contributed by atoms with Crippen LogP contribution in [-0.4, -0.2) is 97.4 Å². The maximum absolute atomic E-state index is 16.1. The van der Waals surface area contributed by atoms with E-state index in [0.717, 1.165) is 0 Å². The lowest BCUT2D eigenvalue weighted by molar-refractivity contribution is -0.0539. The van der Waals surface area contributed by atoms with E-state index in [1.165, 1.54) is 36.9 Å². The molecule has 3 aliphatic rings. The van der Waals surface area contributed by atoms with Crippen molar-refractivity contribution >= 4 is 67.4 Å². The third kappa shape index (κ3) is 5.36. The maximum atomic E-state index is 16.1. The van der Waals surface area contributed by atoms with Crippen LogP contribution in [0.15, 0.2) is 43.4 Å². The lowest BCUT2D eigenvalue weighted by Gasteiger charge is -2.31. The molecule has 0 bridgehead atoms. The standard InChI is InChI=1S/C24H27BFN9O8P2S/c1-10-11-5-39-44(25,36)42-19-13(41-24(14(19)26)35-9-33-16-21(28)30-7-31-23(16)35)6-40-45(37,46)43-18(11)20(38-2)17(10)34-8-32-15-12(27)3-4-29-22(15)34/h3-4,7-9,11,13-14,17-20,24H,1,5-6H2,2H3,(H2,27,29)(H,37,46)(H2,28,30,31)/t11-,13+,14?,17+,18?,19-,20+,24+,44?,45?/m0/s1. The summed E-state index contributed by atoms with van der Waals surface area (Å²) in [4.78, 5) is 32.2. The van der Waals surface area contributed by atoms with Gasteiger partial charge < -0.3 is 48.5 Å². The molecular formula is C24H27BFN9O8P2S. The molecule has 1 saturated carbocycles. The van der Waals surface area contributed by atoms with Crippen molar-refractivity contribution < 1.29 is 41.4 Å². The zero-order valence-electron chi connectivity index (χ0n) is 24.0. The number of nitrogens with zero attached hydrogens (tertiary/aromatic N) is 7. The molecule has 242 valence electrons. The molecule has 2 aliphatic heterocycles. The molecular weight excluding hydrogens is 666 g/mol. The minimum absolute atomic E-state index is 0.0755. The predicted molar refractivity (Wildman–Crippen MR) is 164 cm³/mol. The van der Waals surface area contributed by atoms with Crippen LogP contribution in [0, 0.1) is 5.92 Å². The average Bonchev–Trinajstić information content (AvgIpc) is 3.75. The molecule has 0 spiro atoms. The van der Waals surface area contributed by atoms with Gasteiger partial charge in [0.05, 0.1) is 37.6 Å². The van der Waals surface area contributed by atoms with Gasteiger partial charge in [-0.25, -0.2) is 29.3 Å². The Morgan fingerprint density at radius 2 is 1.83 bits per heavy atom. The number of fused-ring (bicyclic) bond motifs is 4. The van der Waals surface area contributed by atoms with E-state index in [1.54, 1.807) is 10.6 Å². The SMILES string of the molecule is [B]P1(=O)OC[C@H]2C(=C)[C@@H](n3cnc4c(N)ccnc43)[C@@H](OC)C2OP(O)(=S)OC[C@H]2O[C@@H](n3cnc4c(N)ncnc43)C(F)[C@H]2O1. The average molecular weight is 693 g/mol. The molecule has 0 aromatic carbocycles. The Hall–Kier alpha value is -2.90. The summed E-state index contributed by atoms with van der Waals surface area (Å²) in [5.74, 6) is -0.745. The zero-order valence-corrected chi connectivity index (χ0v) is 26.6. The first kappa shape index (κ1) is 31.7. The van der Waals surface area contributed by atoms with Gasteiger partial charge >= 0.3 is 6.72 Å². The second-order valence-corrected chi connectivity index (χ2v) is 15.2. The summed E-state index contributed by atoms with van der Waals surface area (Å²) < 4.78 is 67.2. The van der Waals surface area contributed by atoms with E-state index in [-0.39, 0.29) is 17.0 Å². The van der Waals surface area contributed by atoms with Gasteiger partial charge in [0, 0.05) is 19.2 Å². The first-order valence-electron chi connectivity index (χ1n) is 13.8. The second-order valence-electron chi connectivity index (χ2n) is 10.9. The second kappa shape index (κ2) is 11.7. The molecule has 4 unspecified atom stereocenters. The number of methoxy groups -OCH3 is 1. The largest absolute Gasteiger partial charge is 0.397 e. The van der Waals surface area contributed by atoms with Crippen LogP contribution in [0.5, 0.6) is 0 Å². The summed E-state index contributed by atoms with van der Waals surface area (Å²) in [6, 6.07) is 0.937. The van der Waals surface area contributed by atoms with Gasteiger partial charge in [-0.05, 0) is 23.4 Å². The molecule has 7 rings (SSSR count). The first-order valence-corrected chi connectivity index (χ1v) is 18.0. The summed E-state index contributed by atoms with van der Waals surface area (Å²) in [7, 11) is 2.96. The smallest absolute Gasteiger partial charge is 0.325 e. The van der Waals surface area contributed by atoms with Crippen molar-refractivity contribution in [3.63, 3.8) is 0 Å². The number of alkyl halides is 1. The molecule has 46 heavy (non-hydrogen) atoms. The number of pyridine rings is 1. The fourth-order valence-corrected chi connectivity index (χ4v) is 8.58. The van der Waals surface area contributed by atoms with E-state index in [4.69, 9.17) is 58.4 Å². The zero-order chi connectivity index (χ0) is 32.5. The van der Waals surface area contributed by atoms with Gasteiger partial charge in [-0.2, -0.15) is 0 Å². The highest BCUT2D eigenvalue weighted by molar-refractivity contribution is 8.07. The van der Waals surface area contributed by atoms with Crippen molar-refractivity contribution in [1.29, 1.82) is 0 Å². The lowest BCUT2D eigenvalue weighted by Crippen LogP contribution is -2.37. The van der Waals surface area contributed by atoms with Crippen molar-refractivity contribution in [2.75, 3.05) is 31.8 Å². The first-order chi connectivity index (χ1) is 21.9. The fraction of sp³-hybridized carbons (Fsp3) is 0.458. The minimum Gasteiger partial charge on any atom is -0.397 e. The number of hydrogen-bond acceptors (Lipinski definition) is 15. The van der Waals surface area contributed by atoms with E-state index in [2.05, 4.69) is 31.5 Å². The molecule has 0 amide bonds. The molecule has 17 nitrogen and oxygen atoms in total. The number of hydrogen-bond donors (Lipinski definition) is 3. The molecule has 2 saturated heterocycles. The Kier molecular flexibility index (Phi) is 8.03. The monoisotopic (exact) mass is 693 g/mol. The van der Waals surface area contributed by atoms with Crippen LogP contribution in [0.4, 0.5) is 15.9 Å². The third-order valence-electron chi connectivity index (χ3n) is 8.24. The topological polar surface area (TPSA) is 219 Å². The number of imidazole rings is 2. The van der Waals surface area contributed by atoms with Gasteiger partial charge in [0.15, 0.2) is 29.5 Å². The summed E-state index contributed by atoms with van der Waals surface area (Å²) in [6.45, 7) is -0.790. The van der Waals surface area contributed by atoms with Gasteiger partial charge in [-0.3, -0.25) is 9.13 Å². The molecule has 1 aliphatic carbocycles. The van der Waals surface area contributed by atoms with Gasteiger partial charge in [-0.15, -0.1) is 0 Å². The van der Waals surface area contributed by atoms with Crippen LogP contribution in [0.1, 0.15) is 12.3 Å². The molecule has 10 atom stereocenters. The maximum Gasteiger partial charge on any atom is 0.325 e. The number of halogens is 1. The van der Waals surface area contributed by atoms with E-state index < -0.39 is 76.2 Å². The quantitative estimate of drug-likeness (QED) is 0.158. The van der Waals surface area contributed by atoms with Crippen LogP contribution in [0.25, 0.3) is 22.3 Å². The molecule has 22 heteroatoms. The molecule has 5 N–H and O–H groups in total. The molecule has 4 aromatic rings. The van der Waals surface area contributed by atoms with Crippen molar-refractivity contribution in [1.82, 2.24) is 34.1 Å². The Morgan fingerprint density at radius 3 is 2.61 bits per heavy atom. The van der Waals surface area contributed by atoms with Crippen LogP contribution in [0.2, 0.25) is 0 Å². The molecule has 6 heterocycles. The van der Waals surface area contributed by atoms with Crippen LogP contribution in [-0.2, 0) is 43.9 Å². The summed E-state index contributed by atoms with van der Waals surface area (Å²) in [5, 5.41) is 0. The van der Waals surface area contributed by atoms with E-state index in [9.17, 15) is 9.46 Å². The number of anilines is 2. The highest BCUT2D eigenvalue weighted by Gasteiger charge is 2.54. The number of nitrogen functional groups attached to an aromatic ring is 2. The van der Waals surface area contributed by atoms with Crippen LogP contribution in [0.3, 0.4) is 0 Å². The van der Waals surface area contributed by atoms with Crippen molar-refractivity contribution in [2.45, 2.75) is 42.9 Å². The van der Waals surface area contributed by atoms with Crippen molar-refractivity contribution in [3.8, 4) is 0 Å². The van der Waals surface area contributed by atoms with Crippen LogP contribution < -0.4 is 11.5 Å². The van der Waals surface area contributed by atoms with Gasteiger partial charge in [-0.1, -0.05) is 6.58 Å². The van der Waals surface area contributed by atoms with Crippen molar-refractivity contribution in [2.24, 2.45) is 5.92 Å². The Morgan fingerprint density at radius 1 is 1.09 bits per heavy atom. The minimum atomic E-state index is -4.48. The van der Waals surface area contributed by atoms with Gasteiger partial charge in [0.2, 0.25) is 7.57 Å².